The SMILES string of the molecule is O=C(NCc1ccccc1)[C@@H](c1cccnc1)N(C(=O)c1csnn1)c1ccccc1. The fourth-order valence-electron chi connectivity index (χ4n) is 3.19. The van der Waals surface area contributed by atoms with Crippen molar-refractivity contribution in [2.24, 2.45) is 0 Å². The van der Waals surface area contributed by atoms with Crippen molar-refractivity contribution in [2.45, 2.75) is 12.6 Å². The molecular weight excluding hydrogens is 410 g/mol. The molecule has 7 nitrogen and oxygen atoms in total. The summed E-state index contributed by atoms with van der Waals surface area (Å²) in [6, 6.07) is 21.2. The maximum absolute atomic E-state index is 13.4. The van der Waals surface area contributed by atoms with Gasteiger partial charge in [-0.05, 0) is 35.3 Å². The van der Waals surface area contributed by atoms with Gasteiger partial charge in [-0.25, -0.2) is 0 Å². The lowest BCUT2D eigenvalue weighted by atomic mass is 10.0. The molecule has 2 amide bonds. The van der Waals surface area contributed by atoms with Gasteiger partial charge in [0.05, 0.1) is 0 Å². The predicted octanol–water partition coefficient (Wildman–Crippen LogP) is 3.64. The summed E-state index contributed by atoms with van der Waals surface area (Å²) < 4.78 is 3.80. The first-order valence-electron chi connectivity index (χ1n) is 9.61. The number of hydrogen-bond acceptors (Lipinski definition) is 6. The molecule has 2 aromatic heterocycles. The van der Waals surface area contributed by atoms with Gasteiger partial charge in [-0.1, -0.05) is 59.1 Å². The van der Waals surface area contributed by atoms with Crippen molar-refractivity contribution in [3.8, 4) is 0 Å². The Morgan fingerprint density at radius 3 is 2.35 bits per heavy atom. The summed E-state index contributed by atoms with van der Waals surface area (Å²) >= 11 is 1.08. The second kappa shape index (κ2) is 9.73. The van der Waals surface area contributed by atoms with Crippen LogP contribution in [0, 0.1) is 0 Å². The van der Waals surface area contributed by atoms with E-state index >= 15 is 0 Å². The summed E-state index contributed by atoms with van der Waals surface area (Å²) in [5, 5.41) is 8.45. The minimum atomic E-state index is -0.936. The fourth-order valence-corrected chi connectivity index (χ4v) is 3.62. The first-order chi connectivity index (χ1) is 15.2. The van der Waals surface area contributed by atoms with Gasteiger partial charge in [0.25, 0.3) is 5.91 Å². The summed E-state index contributed by atoms with van der Waals surface area (Å²) in [5.74, 6) is -0.735. The predicted molar refractivity (Wildman–Crippen MR) is 118 cm³/mol. The Bertz CT molecular complexity index is 1120. The maximum Gasteiger partial charge on any atom is 0.280 e. The Labute approximate surface area is 183 Å². The highest BCUT2D eigenvalue weighted by atomic mass is 32.1. The van der Waals surface area contributed by atoms with Crippen molar-refractivity contribution in [3.63, 3.8) is 0 Å². The number of nitrogens with zero attached hydrogens (tertiary/aromatic N) is 4. The van der Waals surface area contributed by atoms with E-state index in [1.165, 1.54) is 4.90 Å². The standard InChI is InChI=1S/C23H19N5O2S/c29-22(25-14-17-8-3-1-4-9-17)21(18-10-7-13-24-15-18)28(19-11-5-2-6-12-19)23(30)20-16-31-27-26-20/h1-13,15-16,21H,14H2,(H,25,29)/t21-/m1/s1. The summed E-state index contributed by atoms with van der Waals surface area (Å²) in [5.41, 5.74) is 2.30. The zero-order chi connectivity index (χ0) is 21.5. The van der Waals surface area contributed by atoms with Gasteiger partial charge < -0.3 is 5.32 Å². The minimum Gasteiger partial charge on any atom is -0.350 e. The van der Waals surface area contributed by atoms with Crippen LogP contribution in [0.15, 0.2) is 90.6 Å². The van der Waals surface area contributed by atoms with Crippen molar-refractivity contribution in [1.82, 2.24) is 19.9 Å². The monoisotopic (exact) mass is 429 g/mol. The molecule has 0 saturated heterocycles. The lowest BCUT2D eigenvalue weighted by Gasteiger charge is -2.30. The van der Waals surface area contributed by atoms with E-state index in [1.807, 2.05) is 48.5 Å². The van der Waals surface area contributed by atoms with E-state index in [2.05, 4.69) is 19.9 Å². The van der Waals surface area contributed by atoms with Crippen LogP contribution in [-0.4, -0.2) is 26.4 Å². The number of benzene rings is 2. The minimum absolute atomic E-state index is 0.179. The zero-order valence-electron chi connectivity index (χ0n) is 16.5. The molecule has 0 aliphatic rings. The number of carbonyl (C=O) groups excluding carboxylic acids is 2. The molecule has 2 heterocycles. The average Bonchev–Trinajstić information content (AvgIpc) is 3.37. The highest BCUT2D eigenvalue weighted by molar-refractivity contribution is 7.03. The second-order valence-electron chi connectivity index (χ2n) is 6.69. The molecule has 0 bridgehead atoms. The Hall–Kier alpha value is -3.91. The van der Waals surface area contributed by atoms with E-state index in [9.17, 15) is 9.59 Å². The Morgan fingerprint density at radius 2 is 1.71 bits per heavy atom. The van der Waals surface area contributed by atoms with Crippen LogP contribution in [0.4, 0.5) is 5.69 Å². The van der Waals surface area contributed by atoms with E-state index in [4.69, 9.17) is 0 Å². The third-order valence-corrected chi connectivity index (χ3v) is 5.15. The largest absolute Gasteiger partial charge is 0.350 e. The molecule has 4 aromatic rings. The number of nitrogens with one attached hydrogen (secondary N) is 1. The normalized spacial score (nSPS) is 11.5. The molecule has 1 atom stereocenters. The molecule has 0 saturated carbocycles. The summed E-state index contributed by atoms with van der Waals surface area (Å²) in [6.45, 7) is 0.339. The van der Waals surface area contributed by atoms with Crippen LogP contribution in [0.3, 0.4) is 0 Å². The number of pyridine rings is 1. The zero-order valence-corrected chi connectivity index (χ0v) is 17.3. The van der Waals surface area contributed by atoms with Crippen LogP contribution >= 0.6 is 11.5 Å². The summed E-state index contributed by atoms with van der Waals surface area (Å²) in [7, 11) is 0. The van der Waals surface area contributed by atoms with Gasteiger partial charge in [0.15, 0.2) is 5.69 Å². The number of rotatable bonds is 7. The van der Waals surface area contributed by atoms with Crippen LogP contribution < -0.4 is 10.2 Å². The number of para-hydroxylation sites is 1. The Kier molecular flexibility index (Phi) is 6.39. The van der Waals surface area contributed by atoms with E-state index in [0.29, 0.717) is 17.8 Å². The van der Waals surface area contributed by atoms with E-state index in [1.54, 1.807) is 42.0 Å². The van der Waals surface area contributed by atoms with Crippen LogP contribution in [0.2, 0.25) is 0 Å². The van der Waals surface area contributed by atoms with Crippen molar-refractivity contribution >= 4 is 29.0 Å². The molecule has 0 unspecified atom stereocenters. The molecule has 154 valence electrons. The molecule has 0 radical (unpaired) electrons. The van der Waals surface area contributed by atoms with E-state index in [0.717, 1.165) is 17.1 Å². The average molecular weight is 430 g/mol. The van der Waals surface area contributed by atoms with Crippen molar-refractivity contribution < 1.29 is 9.59 Å². The summed E-state index contributed by atoms with van der Waals surface area (Å²) in [6.07, 6.45) is 3.22. The van der Waals surface area contributed by atoms with E-state index in [-0.39, 0.29) is 11.6 Å². The van der Waals surface area contributed by atoms with Gasteiger partial charge in [-0.15, -0.1) is 5.10 Å². The number of amides is 2. The highest BCUT2D eigenvalue weighted by Crippen LogP contribution is 2.29. The van der Waals surface area contributed by atoms with Gasteiger partial charge in [-0.2, -0.15) is 0 Å². The van der Waals surface area contributed by atoms with Crippen LogP contribution in [0.25, 0.3) is 0 Å². The lowest BCUT2D eigenvalue weighted by molar-refractivity contribution is -0.122. The quantitative estimate of drug-likeness (QED) is 0.485. The van der Waals surface area contributed by atoms with Crippen molar-refractivity contribution in [2.75, 3.05) is 4.90 Å². The molecule has 0 aliphatic carbocycles. The molecule has 2 aromatic carbocycles. The maximum atomic E-state index is 13.4. The van der Waals surface area contributed by atoms with Gasteiger partial charge in [0.2, 0.25) is 5.91 Å². The Balaban J connectivity index is 1.73. The molecule has 0 aliphatic heterocycles. The van der Waals surface area contributed by atoms with Crippen LogP contribution in [0.5, 0.6) is 0 Å². The van der Waals surface area contributed by atoms with Gasteiger partial charge in [0.1, 0.15) is 6.04 Å². The Morgan fingerprint density at radius 1 is 0.968 bits per heavy atom. The molecule has 8 heteroatoms. The number of hydrogen-bond donors (Lipinski definition) is 1. The van der Waals surface area contributed by atoms with E-state index < -0.39 is 11.9 Å². The number of carbonyl (C=O) groups is 2. The first kappa shape index (κ1) is 20.4. The molecule has 0 spiro atoms. The third-order valence-electron chi connectivity index (χ3n) is 4.65. The van der Waals surface area contributed by atoms with Crippen molar-refractivity contribution in [1.29, 1.82) is 0 Å². The molecular formula is C23H19N5O2S. The van der Waals surface area contributed by atoms with Gasteiger partial charge in [-0.3, -0.25) is 19.5 Å². The topological polar surface area (TPSA) is 88.1 Å². The van der Waals surface area contributed by atoms with Crippen LogP contribution in [-0.2, 0) is 11.3 Å². The molecule has 31 heavy (non-hydrogen) atoms. The number of anilines is 1. The highest BCUT2D eigenvalue weighted by Gasteiger charge is 2.34. The fraction of sp³-hybridized carbons (Fsp3) is 0.0870. The molecule has 1 N–H and O–H groups in total. The lowest BCUT2D eigenvalue weighted by Crippen LogP contribution is -2.44. The van der Waals surface area contributed by atoms with Gasteiger partial charge >= 0.3 is 0 Å². The third kappa shape index (κ3) is 4.81. The molecule has 0 fully saturated rings. The summed E-state index contributed by atoms with van der Waals surface area (Å²) in [4.78, 5) is 32.5. The van der Waals surface area contributed by atoms with Crippen LogP contribution in [0.1, 0.15) is 27.7 Å². The molecule has 4 rings (SSSR count). The second-order valence-corrected chi connectivity index (χ2v) is 7.30. The smallest absolute Gasteiger partial charge is 0.280 e. The van der Waals surface area contributed by atoms with Gasteiger partial charge in [0, 0.05) is 35.6 Å². The van der Waals surface area contributed by atoms with Crippen molar-refractivity contribution in [3.05, 3.63) is 107 Å². The number of aromatic nitrogens is 3. The first-order valence-corrected chi connectivity index (χ1v) is 10.4.